The average Bonchev–Trinajstić information content (AvgIpc) is 2.71. The summed E-state index contributed by atoms with van der Waals surface area (Å²) in [7, 11) is 0. The van der Waals surface area contributed by atoms with E-state index in [9.17, 15) is 8.78 Å². The number of aromatic nitrogens is 2. The molecular formula is C11H11F2N3. The number of benzene rings is 1. The molecule has 0 saturated heterocycles. The Hall–Kier alpha value is -1.75. The van der Waals surface area contributed by atoms with Crippen molar-refractivity contribution in [2.24, 2.45) is 5.73 Å². The summed E-state index contributed by atoms with van der Waals surface area (Å²) in [6.45, 7) is 0.750. The summed E-state index contributed by atoms with van der Waals surface area (Å²) in [4.78, 5) is 0. The van der Waals surface area contributed by atoms with Gasteiger partial charge in [0.05, 0.1) is 12.2 Å². The van der Waals surface area contributed by atoms with Gasteiger partial charge in [0.1, 0.15) is 0 Å². The van der Waals surface area contributed by atoms with E-state index in [1.165, 1.54) is 6.07 Å². The minimum Gasteiger partial charge on any atom is -0.325 e. The number of nitrogens with two attached hydrogens (primary N) is 1. The van der Waals surface area contributed by atoms with E-state index in [4.69, 9.17) is 5.73 Å². The van der Waals surface area contributed by atoms with Gasteiger partial charge in [-0.15, -0.1) is 0 Å². The standard InChI is InChI=1S/C11H11F2N3/c12-10-2-1-8(5-11(10)13)7-16-9(6-14)3-4-15-16/h1-5H,6-7,14H2. The molecule has 0 saturated carbocycles. The molecule has 3 nitrogen and oxygen atoms in total. The van der Waals surface area contributed by atoms with Gasteiger partial charge in [0, 0.05) is 12.7 Å². The molecular weight excluding hydrogens is 212 g/mol. The molecule has 0 fully saturated rings. The third-order valence-electron chi connectivity index (χ3n) is 2.33. The maximum atomic E-state index is 13.0. The van der Waals surface area contributed by atoms with E-state index in [1.54, 1.807) is 16.9 Å². The third-order valence-corrected chi connectivity index (χ3v) is 2.33. The molecule has 0 bridgehead atoms. The van der Waals surface area contributed by atoms with Gasteiger partial charge in [-0.2, -0.15) is 5.10 Å². The molecule has 0 spiro atoms. The van der Waals surface area contributed by atoms with Crippen molar-refractivity contribution >= 4 is 0 Å². The van der Waals surface area contributed by atoms with E-state index >= 15 is 0 Å². The van der Waals surface area contributed by atoms with Gasteiger partial charge in [-0.25, -0.2) is 8.78 Å². The van der Waals surface area contributed by atoms with Crippen molar-refractivity contribution in [1.29, 1.82) is 0 Å². The lowest BCUT2D eigenvalue weighted by Crippen LogP contribution is -2.10. The predicted octanol–water partition coefficient (Wildman–Crippen LogP) is 1.67. The first kappa shape index (κ1) is 10.8. The van der Waals surface area contributed by atoms with Crippen LogP contribution in [0, 0.1) is 11.6 Å². The van der Waals surface area contributed by atoms with Crippen LogP contribution in [0.4, 0.5) is 8.78 Å². The van der Waals surface area contributed by atoms with Crippen molar-refractivity contribution in [2.45, 2.75) is 13.1 Å². The zero-order valence-electron chi connectivity index (χ0n) is 8.53. The fourth-order valence-electron chi connectivity index (χ4n) is 1.49. The van der Waals surface area contributed by atoms with Crippen LogP contribution in [-0.2, 0) is 13.1 Å². The molecule has 0 aliphatic heterocycles. The van der Waals surface area contributed by atoms with Crippen molar-refractivity contribution in [3.63, 3.8) is 0 Å². The number of hydrogen-bond acceptors (Lipinski definition) is 2. The first-order valence-corrected chi connectivity index (χ1v) is 4.85. The zero-order valence-corrected chi connectivity index (χ0v) is 8.53. The van der Waals surface area contributed by atoms with Crippen LogP contribution in [-0.4, -0.2) is 9.78 Å². The lowest BCUT2D eigenvalue weighted by Gasteiger charge is -2.06. The lowest BCUT2D eigenvalue weighted by molar-refractivity contribution is 0.505. The van der Waals surface area contributed by atoms with Crippen molar-refractivity contribution in [2.75, 3.05) is 0 Å². The summed E-state index contributed by atoms with van der Waals surface area (Å²) >= 11 is 0. The lowest BCUT2D eigenvalue weighted by atomic mass is 10.2. The fourth-order valence-corrected chi connectivity index (χ4v) is 1.49. The summed E-state index contributed by atoms with van der Waals surface area (Å²) in [5, 5.41) is 4.05. The zero-order chi connectivity index (χ0) is 11.5. The van der Waals surface area contributed by atoms with Gasteiger partial charge in [0.25, 0.3) is 0 Å². The van der Waals surface area contributed by atoms with Gasteiger partial charge in [-0.1, -0.05) is 6.07 Å². The molecule has 0 unspecified atom stereocenters. The normalized spacial score (nSPS) is 10.7. The number of hydrogen-bond donors (Lipinski definition) is 1. The minimum absolute atomic E-state index is 0.365. The summed E-state index contributed by atoms with van der Waals surface area (Å²) in [5.74, 6) is -1.69. The Labute approximate surface area is 91.5 Å². The smallest absolute Gasteiger partial charge is 0.159 e. The monoisotopic (exact) mass is 223 g/mol. The Morgan fingerprint density at radius 3 is 2.69 bits per heavy atom. The van der Waals surface area contributed by atoms with E-state index in [0.717, 1.165) is 17.8 Å². The van der Waals surface area contributed by atoms with Crippen molar-refractivity contribution in [3.05, 3.63) is 53.4 Å². The van der Waals surface area contributed by atoms with Gasteiger partial charge < -0.3 is 5.73 Å². The molecule has 0 aliphatic carbocycles. The van der Waals surface area contributed by atoms with E-state index in [0.29, 0.717) is 18.7 Å². The Morgan fingerprint density at radius 1 is 1.19 bits per heavy atom. The molecule has 1 aromatic carbocycles. The van der Waals surface area contributed by atoms with Gasteiger partial charge >= 0.3 is 0 Å². The van der Waals surface area contributed by atoms with E-state index in [2.05, 4.69) is 5.10 Å². The number of nitrogens with zero attached hydrogens (tertiary/aromatic N) is 2. The third kappa shape index (κ3) is 2.09. The molecule has 5 heteroatoms. The highest BCUT2D eigenvalue weighted by Gasteiger charge is 2.05. The van der Waals surface area contributed by atoms with Gasteiger partial charge in [-0.3, -0.25) is 4.68 Å². The topological polar surface area (TPSA) is 43.8 Å². The maximum Gasteiger partial charge on any atom is 0.159 e. The second-order valence-corrected chi connectivity index (χ2v) is 3.43. The van der Waals surface area contributed by atoms with Gasteiger partial charge in [-0.05, 0) is 23.8 Å². The van der Waals surface area contributed by atoms with Crippen LogP contribution < -0.4 is 5.73 Å². The second-order valence-electron chi connectivity index (χ2n) is 3.43. The number of rotatable bonds is 3. The molecule has 1 aromatic heterocycles. The predicted molar refractivity (Wildman–Crippen MR) is 55.6 cm³/mol. The molecule has 0 aliphatic rings. The van der Waals surface area contributed by atoms with Crippen LogP contribution in [0.5, 0.6) is 0 Å². The molecule has 2 N–H and O–H groups in total. The summed E-state index contributed by atoms with van der Waals surface area (Å²) in [5.41, 5.74) is 7.01. The quantitative estimate of drug-likeness (QED) is 0.860. The molecule has 2 aromatic rings. The largest absolute Gasteiger partial charge is 0.325 e. The minimum atomic E-state index is -0.848. The van der Waals surface area contributed by atoms with Crippen LogP contribution >= 0.6 is 0 Å². The maximum absolute atomic E-state index is 13.0. The van der Waals surface area contributed by atoms with Crippen molar-refractivity contribution < 1.29 is 8.78 Å². The summed E-state index contributed by atoms with van der Waals surface area (Å²) in [6.07, 6.45) is 1.63. The molecule has 2 rings (SSSR count). The van der Waals surface area contributed by atoms with E-state index in [-0.39, 0.29) is 0 Å². The fraction of sp³-hybridized carbons (Fsp3) is 0.182. The first-order valence-electron chi connectivity index (χ1n) is 4.85. The molecule has 16 heavy (non-hydrogen) atoms. The Morgan fingerprint density at radius 2 is 2.00 bits per heavy atom. The first-order chi connectivity index (χ1) is 7.70. The summed E-state index contributed by atoms with van der Waals surface area (Å²) in [6, 6.07) is 5.59. The van der Waals surface area contributed by atoms with Crippen molar-refractivity contribution in [1.82, 2.24) is 9.78 Å². The highest BCUT2D eigenvalue weighted by molar-refractivity contribution is 5.18. The van der Waals surface area contributed by atoms with Crippen LogP contribution in [0.15, 0.2) is 30.5 Å². The van der Waals surface area contributed by atoms with E-state index in [1.807, 2.05) is 0 Å². The van der Waals surface area contributed by atoms with Crippen LogP contribution in [0.25, 0.3) is 0 Å². The van der Waals surface area contributed by atoms with Gasteiger partial charge in [0.15, 0.2) is 11.6 Å². The van der Waals surface area contributed by atoms with Gasteiger partial charge in [0.2, 0.25) is 0 Å². The summed E-state index contributed by atoms with van der Waals surface area (Å²) < 4.78 is 27.3. The highest BCUT2D eigenvalue weighted by atomic mass is 19.2. The molecule has 1 heterocycles. The van der Waals surface area contributed by atoms with Crippen molar-refractivity contribution in [3.8, 4) is 0 Å². The molecule has 0 radical (unpaired) electrons. The Kier molecular flexibility index (Phi) is 2.96. The molecule has 0 atom stereocenters. The molecule has 84 valence electrons. The average molecular weight is 223 g/mol. The number of halogens is 2. The van der Waals surface area contributed by atoms with Crippen LogP contribution in [0.1, 0.15) is 11.3 Å². The Balaban J connectivity index is 2.24. The van der Waals surface area contributed by atoms with Crippen LogP contribution in [0.3, 0.4) is 0 Å². The molecule has 0 amide bonds. The highest BCUT2D eigenvalue weighted by Crippen LogP contribution is 2.10. The van der Waals surface area contributed by atoms with Crippen LogP contribution in [0.2, 0.25) is 0 Å². The SMILES string of the molecule is NCc1ccnn1Cc1ccc(F)c(F)c1. The van der Waals surface area contributed by atoms with E-state index < -0.39 is 11.6 Å². The second kappa shape index (κ2) is 4.40. The Bertz CT molecular complexity index is 494.